The molecular weight excluding hydrogens is 471 g/mol. The lowest BCUT2D eigenvalue weighted by Gasteiger charge is -2.30. The Morgan fingerprint density at radius 2 is 1.83 bits per heavy atom. The molecule has 9 nitrogen and oxygen atoms in total. The number of aromatic nitrogens is 1. The Hall–Kier alpha value is -3.76. The smallest absolute Gasteiger partial charge is 0.328 e. The van der Waals surface area contributed by atoms with Crippen molar-refractivity contribution in [3.05, 3.63) is 71.7 Å². The zero-order chi connectivity index (χ0) is 25.9. The molecule has 0 radical (unpaired) electrons. The molecule has 2 heterocycles. The van der Waals surface area contributed by atoms with E-state index in [0.29, 0.717) is 30.3 Å². The van der Waals surface area contributed by atoms with Gasteiger partial charge in [0, 0.05) is 42.6 Å². The van der Waals surface area contributed by atoms with Gasteiger partial charge >= 0.3 is 11.9 Å². The Morgan fingerprint density at radius 1 is 1.14 bits per heavy atom. The Balaban J connectivity index is 0.000000392. The van der Waals surface area contributed by atoms with E-state index in [4.69, 9.17) is 24.3 Å². The number of rotatable bonds is 9. The molecule has 0 unspecified atom stereocenters. The van der Waals surface area contributed by atoms with E-state index in [1.54, 1.807) is 13.2 Å². The molecule has 3 aromatic rings. The van der Waals surface area contributed by atoms with Crippen molar-refractivity contribution >= 4 is 22.9 Å². The minimum Gasteiger partial charge on any atom is -0.496 e. The molecule has 1 aliphatic rings. The second-order valence-corrected chi connectivity index (χ2v) is 8.17. The Bertz CT molecular complexity index is 1170. The van der Waals surface area contributed by atoms with Gasteiger partial charge in [0.1, 0.15) is 11.6 Å². The summed E-state index contributed by atoms with van der Waals surface area (Å²) in [6.45, 7) is 2.40. The molecule has 1 saturated heterocycles. The highest BCUT2D eigenvalue weighted by atomic mass is 19.1. The molecule has 0 aliphatic carbocycles. The van der Waals surface area contributed by atoms with Crippen LogP contribution < -0.4 is 4.74 Å². The molecule has 4 rings (SSSR count). The summed E-state index contributed by atoms with van der Waals surface area (Å²) in [6.07, 6.45) is 4.89. The summed E-state index contributed by atoms with van der Waals surface area (Å²) in [7, 11) is 1.70. The van der Waals surface area contributed by atoms with Crippen molar-refractivity contribution < 1.29 is 38.3 Å². The summed E-state index contributed by atoms with van der Waals surface area (Å²) >= 11 is 0. The molecule has 1 aromatic heterocycles. The van der Waals surface area contributed by atoms with Crippen LogP contribution in [0.3, 0.4) is 0 Å². The number of ether oxygens (including phenoxy) is 1. The fraction of sp³-hybridized carbons (Fsp3) is 0.346. The van der Waals surface area contributed by atoms with Gasteiger partial charge in [-0.3, -0.25) is 4.84 Å². The van der Waals surface area contributed by atoms with Crippen molar-refractivity contribution in [1.29, 1.82) is 0 Å². The number of hydrogen-bond acceptors (Lipinski definition) is 7. The van der Waals surface area contributed by atoms with Crippen LogP contribution in [0.5, 0.6) is 5.75 Å². The number of carboxylic acids is 2. The lowest BCUT2D eigenvalue weighted by Crippen LogP contribution is -2.33. The van der Waals surface area contributed by atoms with E-state index in [2.05, 4.69) is 11.2 Å². The van der Waals surface area contributed by atoms with Gasteiger partial charge in [-0.25, -0.2) is 14.0 Å². The minimum absolute atomic E-state index is 0.299. The molecular formula is C26H29FN2O7. The van der Waals surface area contributed by atoms with E-state index in [9.17, 15) is 14.0 Å². The number of methoxy groups -OCH3 is 1. The molecule has 0 atom stereocenters. The molecule has 2 N–H and O–H groups in total. The number of carbonyl (C=O) groups is 2. The maximum Gasteiger partial charge on any atom is 0.328 e. The standard InChI is InChI=1S/C22H25FN2O3.C4H4O4/c1-26-20-7-3-2-5-16(20)6-4-14-27-25-12-10-17(11-13-25)22-19-9-8-18(23)15-21(19)28-24-22;5-3(6)1-2-4(7)8/h2-3,5,7-9,15,17H,4,6,10-14H2,1H3;1-2H,(H,5,6)(H,7,8)/b;2-1+. The zero-order valence-electron chi connectivity index (χ0n) is 19.9. The summed E-state index contributed by atoms with van der Waals surface area (Å²) < 4.78 is 24.0. The number of aryl methyl sites for hydroxylation is 1. The van der Waals surface area contributed by atoms with E-state index in [-0.39, 0.29) is 5.82 Å². The highest BCUT2D eigenvalue weighted by molar-refractivity contribution is 5.89. The van der Waals surface area contributed by atoms with Crippen LogP contribution in [0.15, 0.2) is 59.1 Å². The van der Waals surface area contributed by atoms with Gasteiger partial charge in [-0.05, 0) is 49.4 Å². The number of benzene rings is 2. The third-order valence-corrected chi connectivity index (χ3v) is 5.73. The quantitative estimate of drug-likeness (QED) is 0.324. The first kappa shape index (κ1) is 26.8. The number of carboxylic acid groups (broad SMARTS) is 2. The molecule has 10 heteroatoms. The molecule has 0 saturated carbocycles. The van der Waals surface area contributed by atoms with Crippen LogP contribution in [0.2, 0.25) is 0 Å². The van der Waals surface area contributed by atoms with Crippen molar-refractivity contribution in [3.63, 3.8) is 0 Å². The SMILES string of the molecule is COc1ccccc1CCCON1CCC(c2noc3cc(F)ccc23)CC1.O=C(O)/C=C/C(=O)O. The van der Waals surface area contributed by atoms with Crippen molar-refractivity contribution in [2.75, 3.05) is 26.8 Å². The van der Waals surface area contributed by atoms with Gasteiger partial charge in [0.15, 0.2) is 5.58 Å². The topological polar surface area (TPSA) is 122 Å². The van der Waals surface area contributed by atoms with E-state index >= 15 is 0 Å². The van der Waals surface area contributed by atoms with Crippen molar-refractivity contribution in [1.82, 2.24) is 10.2 Å². The number of piperidine rings is 1. The largest absolute Gasteiger partial charge is 0.496 e. The van der Waals surface area contributed by atoms with E-state index < -0.39 is 11.9 Å². The predicted octanol–water partition coefficient (Wildman–Crippen LogP) is 4.43. The summed E-state index contributed by atoms with van der Waals surface area (Å²) in [5, 5.41) is 22.8. The maximum atomic E-state index is 13.3. The van der Waals surface area contributed by atoms with Crippen LogP contribution in [0.25, 0.3) is 11.0 Å². The first-order valence-electron chi connectivity index (χ1n) is 11.6. The maximum absolute atomic E-state index is 13.3. The average Bonchev–Trinajstić information content (AvgIpc) is 3.29. The van der Waals surface area contributed by atoms with Crippen LogP contribution >= 0.6 is 0 Å². The second kappa shape index (κ2) is 13.4. The Labute approximate surface area is 207 Å². The van der Waals surface area contributed by atoms with Gasteiger partial charge < -0.3 is 19.5 Å². The molecule has 36 heavy (non-hydrogen) atoms. The number of fused-ring (bicyclic) bond motifs is 1. The molecule has 2 aromatic carbocycles. The fourth-order valence-corrected chi connectivity index (χ4v) is 3.99. The lowest BCUT2D eigenvalue weighted by molar-refractivity contribution is -0.171. The van der Waals surface area contributed by atoms with Gasteiger partial charge in [0.05, 0.1) is 19.4 Å². The summed E-state index contributed by atoms with van der Waals surface area (Å²) in [5.41, 5.74) is 2.66. The zero-order valence-corrected chi connectivity index (χ0v) is 19.9. The van der Waals surface area contributed by atoms with E-state index in [1.807, 2.05) is 23.3 Å². The molecule has 1 fully saturated rings. The normalized spacial score (nSPS) is 14.5. The summed E-state index contributed by atoms with van der Waals surface area (Å²) in [4.78, 5) is 25.1. The number of aliphatic carboxylic acids is 2. The van der Waals surface area contributed by atoms with E-state index in [0.717, 1.165) is 55.6 Å². The first-order chi connectivity index (χ1) is 17.4. The third kappa shape index (κ3) is 7.89. The molecule has 192 valence electrons. The number of nitrogens with zero attached hydrogens (tertiary/aromatic N) is 2. The molecule has 0 amide bonds. The van der Waals surface area contributed by atoms with Gasteiger partial charge in [-0.2, -0.15) is 5.06 Å². The summed E-state index contributed by atoms with van der Waals surface area (Å²) in [5.74, 6) is -1.56. The minimum atomic E-state index is -1.26. The number of halogens is 1. The van der Waals surface area contributed by atoms with E-state index in [1.165, 1.54) is 17.7 Å². The summed E-state index contributed by atoms with van der Waals surface area (Å²) in [6, 6.07) is 12.7. The number of para-hydroxylation sites is 1. The van der Waals surface area contributed by atoms with Crippen molar-refractivity contribution in [2.45, 2.75) is 31.6 Å². The highest BCUT2D eigenvalue weighted by Gasteiger charge is 2.25. The Kier molecular flexibility index (Phi) is 9.96. The molecule has 0 spiro atoms. The predicted molar refractivity (Wildman–Crippen MR) is 129 cm³/mol. The fourth-order valence-electron chi connectivity index (χ4n) is 3.99. The van der Waals surface area contributed by atoms with Gasteiger partial charge in [-0.15, -0.1) is 0 Å². The van der Waals surface area contributed by atoms with Crippen LogP contribution in [-0.4, -0.2) is 59.2 Å². The van der Waals surface area contributed by atoms with Crippen molar-refractivity contribution in [3.8, 4) is 5.75 Å². The van der Waals surface area contributed by atoms with Gasteiger partial charge in [0.25, 0.3) is 0 Å². The van der Waals surface area contributed by atoms with Gasteiger partial charge in [0.2, 0.25) is 0 Å². The van der Waals surface area contributed by atoms with Crippen LogP contribution in [0.1, 0.15) is 36.4 Å². The monoisotopic (exact) mass is 500 g/mol. The van der Waals surface area contributed by atoms with Crippen LogP contribution in [-0.2, 0) is 20.8 Å². The van der Waals surface area contributed by atoms with Gasteiger partial charge in [-0.1, -0.05) is 23.4 Å². The number of hydrogen-bond donors (Lipinski definition) is 2. The molecule has 0 bridgehead atoms. The lowest BCUT2D eigenvalue weighted by atomic mass is 9.92. The second-order valence-electron chi connectivity index (χ2n) is 8.17. The average molecular weight is 501 g/mol. The number of hydroxylamine groups is 2. The van der Waals surface area contributed by atoms with Crippen LogP contribution in [0.4, 0.5) is 4.39 Å². The van der Waals surface area contributed by atoms with Crippen molar-refractivity contribution in [2.24, 2.45) is 0 Å². The Morgan fingerprint density at radius 3 is 2.50 bits per heavy atom. The molecule has 1 aliphatic heterocycles. The first-order valence-corrected chi connectivity index (χ1v) is 11.6. The van der Waals surface area contributed by atoms with Crippen LogP contribution in [0, 0.1) is 5.82 Å². The highest BCUT2D eigenvalue weighted by Crippen LogP contribution is 2.32. The third-order valence-electron chi connectivity index (χ3n) is 5.73.